The summed E-state index contributed by atoms with van der Waals surface area (Å²) >= 11 is 0. The molecule has 0 heterocycles. The molecule has 0 aromatic rings. The van der Waals surface area contributed by atoms with Gasteiger partial charge in [-0.1, -0.05) is 13.8 Å². The monoisotopic (exact) mass is 124 g/mol. The molecule has 0 saturated carbocycles. The van der Waals surface area contributed by atoms with Crippen LogP contribution in [0.2, 0.25) is 0 Å². The van der Waals surface area contributed by atoms with Crippen molar-refractivity contribution in [1.82, 2.24) is 0 Å². The van der Waals surface area contributed by atoms with Crippen molar-refractivity contribution in [3.8, 4) is 0 Å². The lowest BCUT2D eigenvalue weighted by atomic mass is 10.6. The van der Waals surface area contributed by atoms with E-state index in [1.807, 2.05) is 0 Å². The average Bonchev–Trinajstić information content (AvgIpc) is 1.88. The molecule has 0 aliphatic carbocycles. The summed E-state index contributed by atoms with van der Waals surface area (Å²) in [6, 6.07) is 0. The molecule has 0 aromatic carbocycles. The predicted molar refractivity (Wildman–Crippen MR) is 32.5 cm³/mol. The molecule has 0 aliphatic rings. The van der Waals surface area contributed by atoms with Crippen LogP contribution in [0.3, 0.4) is 0 Å². The van der Waals surface area contributed by atoms with Gasteiger partial charge in [0.05, 0.1) is 13.3 Å². The third-order valence-corrected chi connectivity index (χ3v) is 0.378. The molecular weight excluding hydrogens is 110 g/mol. The highest BCUT2D eigenvalue weighted by Gasteiger charge is 1.61. The summed E-state index contributed by atoms with van der Waals surface area (Å²) < 4.78 is 21.4. The van der Waals surface area contributed by atoms with Crippen LogP contribution in [-0.4, -0.2) is 13.3 Å². The first kappa shape index (κ1) is 10.8. The minimum atomic E-state index is -0.181. The van der Waals surface area contributed by atoms with Crippen LogP contribution in [0.1, 0.15) is 26.7 Å². The fourth-order valence-electron chi connectivity index (χ4n) is 0. The average molecular weight is 124 g/mol. The minimum Gasteiger partial charge on any atom is -0.251 e. The highest BCUT2D eigenvalue weighted by atomic mass is 19.1. The van der Waals surface area contributed by atoms with Gasteiger partial charge in [0.2, 0.25) is 0 Å². The van der Waals surface area contributed by atoms with Gasteiger partial charge in [-0.05, 0) is 12.8 Å². The molecule has 0 rings (SSSR count). The Kier molecular flexibility index (Phi) is 21.3. The summed E-state index contributed by atoms with van der Waals surface area (Å²) in [6.45, 7) is 3.25. The fraction of sp³-hybridized carbons (Fsp3) is 1.00. The van der Waals surface area contributed by atoms with Crippen molar-refractivity contribution in [2.45, 2.75) is 26.7 Å². The van der Waals surface area contributed by atoms with Crippen molar-refractivity contribution < 1.29 is 8.78 Å². The number of hydrogen-bond donors (Lipinski definition) is 0. The van der Waals surface area contributed by atoms with Gasteiger partial charge in [-0.2, -0.15) is 0 Å². The van der Waals surface area contributed by atoms with Crippen LogP contribution in [0.25, 0.3) is 0 Å². The molecule has 0 unspecified atom stereocenters. The maximum absolute atomic E-state index is 10.7. The Hall–Kier alpha value is -0.140. The summed E-state index contributed by atoms with van der Waals surface area (Å²) in [6.07, 6.45) is 1.31. The molecule has 0 bridgehead atoms. The van der Waals surface area contributed by atoms with Crippen LogP contribution in [0.5, 0.6) is 0 Å². The van der Waals surface area contributed by atoms with Crippen LogP contribution in [0, 0.1) is 0 Å². The van der Waals surface area contributed by atoms with E-state index in [1.54, 1.807) is 13.8 Å². The second-order valence-electron chi connectivity index (χ2n) is 1.38. The Morgan fingerprint density at radius 3 is 1.00 bits per heavy atom. The van der Waals surface area contributed by atoms with E-state index < -0.39 is 0 Å². The number of alkyl halides is 2. The summed E-state index contributed by atoms with van der Waals surface area (Å²) in [5, 5.41) is 0. The quantitative estimate of drug-likeness (QED) is 0.531. The van der Waals surface area contributed by atoms with Crippen molar-refractivity contribution in [2.75, 3.05) is 13.3 Å². The van der Waals surface area contributed by atoms with E-state index in [1.165, 1.54) is 0 Å². The molecule has 2 heteroatoms. The van der Waals surface area contributed by atoms with Gasteiger partial charge in [0.25, 0.3) is 0 Å². The highest BCUT2D eigenvalue weighted by Crippen LogP contribution is 1.70. The minimum absolute atomic E-state index is 0.181. The van der Waals surface area contributed by atoms with Gasteiger partial charge in [-0.15, -0.1) is 0 Å². The Bertz CT molecular complexity index is 14.5. The van der Waals surface area contributed by atoms with E-state index in [-0.39, 0.29) is 13.3 Å². The van der Waals surface area contributed by atoms with Crippen molar-refractivity contribution in [3.63, 3.8) is 0 Å². The van der Waals surface area contributed by atoms with Crippen LogP contribution in [0.15, 0.2) is 0 Å². The lowest BCUT2D eigenvalue weighted by Crippen LogP contribution is -1.58. The first-order valence-electron chi connectivity index (χ1n) is 2.95. The first-order valence-corrected chi connectivity index (χ1v) is 2.95. The number of rotatable bonds is 2. The van der Waals surface area contributed by atoms with Crippen LogP contribution >= 0.6 is 0 Å². The molecule has 0 amide bonds. The molecule has 8 heavy (non-hydrogen) atoms. The zero-order valence-electron chi connectivity index (χ0n) is 5.58. The zero-order valence-corrected chi connectivity index (χ0v) is 5.58. The smallest absolute Gasteiger partial charge is 0.0891 e. The van der Waals surface area contributed by atoms with Crippen LogP contribution < -0.4 is 0 Å². The van der Waals surface area contributed by atoms with E-state index >= 15 is 0 Å². The van der Waals surface area contributed by atoms with Crippen LogP contribution in [0.4, 0.5) is 8.78 Å². The Morgan fingerprint density at radius 2 is 1.00 bits per heavy atom. The fourth-order valence-corrected chi connectivity index (χ4v) is 0. The molecule has 0 saturated heterocycles. The van der Waals surface area contributed by atoms with Gasteiger partial charge in [0.1, 0.15) is 0 Å². The van der Waals surface area contributed by atoms with Gasteiger partial charge in [0.15, 0.2) is 0 Å². The zero-order chi connectivity index (χ0) is 6.83. The van der Waals surface area contributed by atoms with E-state index in [2.05, 4.69) is 0 Å². The number of hydrogen-bond acceptors (Lipinski definition) is 0. The molecule has 0 fully saturated rings. The molecule has 0 radical (unpaired) electrons. The molecule has 0 nitrogen and oxygen atoms in total. The second kappa shape index (κ2) is 15.8. The van der Waals surface area contributed by atoms with E-state index in [4.69, 9.17) is 0 Å². The second-order valence-corrected chi connectivity index (χ2v) is 1.38. The molecule has 0 aromatic heterocycles. The van der Waals surface area contributed by atoms with E-state index in [0.29, 0.717) is 12.8 Å². The van der Waals surface area contributed by atoms with Crippen LogP contribution in [-0.2, 0) is 0 Å². The molecule has 52 valence electrons. The van der Waals surface area contributed by atoms with Crippen molar-refractivity contribution in [2.24, 2.45) is 0 Å². The molecule has 0 spiro atoms. The predicted octanol–water partition coefficient (Wildman–Crippen LogP) is 2.73. The first-order chi connectivity index (χ1) is 3.83. The summed E-state index contributed by atoms with van der Waals surface area (Å²) in [5.74, 6) is 0. The largest absolute Gasteiger partial charge is 0.251 e. The third-order valence-electron chi connectivity index (χ3n) is 0.378. The molecule has 0 aliphatic heterocycles. The lowest BCUT2D eigenvalue weighted by Gasteiger charge is -1.64. The van der Waals surface area contributed by atoms with Gasteiger partial charge in [-0.3, -0.25) is 8.78 Å². The van der Waals surface area contributed by atoms with Gasteiger partial charge < -0.3 is 0 Å². The van der Waals surface area contributed by atoms with Crippen molar-refractivity contribution >= 4 is 0 Å². The molecule has 0 atom stereocenters. The summed E-state index contributed by atoms with van der Waals surface area (Å²) in [7, 11) is 0. The summed E-state index contributed by atoms with van der Waals surface area (Å²) in [4.78, 5) is 0. The van der Waals surface area contributed by atoms with Gasteiger partial charge >= 0.3 is 0 Å². The molecular formula is C6H14F2. The van der Waals surface area contributed by atoms with E-state index in [9.17, 15) is 8.78 Å². The van der Waals surface area contributed by atoms with Gasteiger partial charge in [0, 0.05) is 0 Å². The lowest BCUT2D eigenvalue weighted by molar-refractivity contribution is 0.487. The SMILES string of the molecule is CCCF.CCCF. The van der Waals surface area contributed by atoms with Gasteiger partial charge in [-0.25, -0.2) is 0 Å². The normalized spacial score (nSPS) is 7.50. The Morgan fingerprint density at radius 1 is 0.875 bits per heavy atom. The third kappa shape index (κ3) is 40.0. The number of halogens is 2. The van der Waals surface area contributed by atoms with Crippen molar-refractivity contribution in [3.05, 3.63) is 0 Å². The summed E-state index contributed by atoms with van der Waals surface area (Å²) in [5.41, 5.74) is 0. The Labute approximate surface area is 49.9 Å². The maximum atomic E-state index is 10.7. The van der Waals surface area contributed by atoms with E-state index in [0.717, 1.165) is 0 Å². The highest BCUT2D eigenvalue weighted by molar-refractivity contribution is 4.11. The topological polar surface area (TPSA) is 0 Å². The Balaban J connectivity index is 0. The standard InChI is InChI=1S/2C3H7F/c2*1-2-3-4/h2*2-3H2,1H3. The maximum Gasteiger partial charge on any atom is 0.0891 e. The van der Waals surface area contributed by atoms with Crippen molar-refractivity contribution in [1.29, 1.82) is 0 Å². The molecule has 0 N–H and O–H groups in total.